The fourth-order valence-electron chi connectivity index (χ4n) is 2.74. The lowest BCUT2D eigenvalue weighted by Crippen LogP contribution is -2.02. The van der Waals surface area contributed by atoms with Crippen LogP contribution in [-0.4, -0.2) is 24.7 Å². The van der Waals surface area contributed by atoms with Gasteiger partial charge < -0.3 is 0 Å². The van der Waals surface area contributed by atoms with Gasteiger partial charge in [0.05, 0.1) is 5.69 Å². The Hall–Kier alpha value is -2.70. The minimum absolute atomic E-state index is 0.713. The van der Waals surface area contributed by atoms with Crippen molar-refractivity contribution in [1.82, 2.24) is 24.7 Å². The molecule has 0 aliphatic rings. The first kappa shape index (κ1) is 17.7. The zero-order valence-corrected chi connectivity index (χ0v) is 16.2. The lowest BCUT2D eigenvalue weighted by molar-refractivity contribution is 0.880. The molecular weight excluding hydrogens is 378 g/mol. The Bertz CT molecular complexity index is 1050. The van der Waals surface area contributed by atoms with Gasteiger partial charge in [0.2, 0.25) is 0 Å². The van der Waals surface area contributed by atoms with Crippen molar-refractivity contribution in [3.8, 4) is 17.1 Å². The van der Waals surface area contributed by atoms with Crippen LogP contribution in [0.1, 0.15) is 11.1 Å². The van der Waals surface area contributed by atoms with Crippen LogP contribution < -0.4 is 0 Å². The number of aromatic nitrogens is 5. The zero-order chi connectivity index (χ0) is 18.6. The van der Waals surface area contributed by atoms with Gasteiger partial charge in [-0.2, -0.15) is 0 Å². The number of hydrogen-bond donors (Lipinski definition) is 0. The highest BCUT2D eigenvalue weighted by Gasteiger charge is 2.18. The van der Waals surface area contributed by atoms with Crippen LogP contribution in [0.15, 0.2) is 72.4 Å². The summed E-state index contributed by atoms with van der Waals surface area (Å²) in [6, 6.07) is 13.7. The molecule has 0 bridgehead atoms. The van der Waals surface area contributed by atoms with E-state index in [0.717, 1.165) is 39.1 Å². The number of rotatable bonds is 5. The Balaban J connectivity index is 1.80. The first-order valence-electron chi connectivity index (χ1n) is 8.37. The molecule has 0 unspecified atom stereocenters. The summed E-state index contributed by atoms with van der Waals surface area (Å²) in [4.78, 5) is 8.27. The molecule has 1 aromatic carbocycles. The SMILES string of the molecule is Cc1c(Cl)cccc1-n1c(SCc2cccnc2)nnc1-c1ccncc1. The zero-order valence-electron chi connectivity index (χ0n) is 14.6. The van der Waals surface area contributed by atoms with Gasteiger partial charge in [0.15, 0.2) is 11.0 Å². The Morgan fingerprint density at radius 3 is 2.59 bits per heavy atom. The first-order valence-corrected chi connectivity index (χ1v) is 9.73. The van der Waals surface area contributed by atoms with Gasteiger partial charge in [0.25, 0.3) is 0 Å². The van der Waals surface area contributed by atoms with Gasteiger partial charge in [-0.05, 0) is 48.4 Å². The normalized spacial score (nSPS) is 10.9. The van der Waals surface area contributed by atoms with Gasteiger partial charge in [-0.15, -0.1) is 10.2 Å². The first-order chi connectivity index (χ1) is 13.2. The Labute approximate surface area is 166 Å². The second kappa shape index (κ2) is 7.90. The third-order valence-electron chi connectivity index (χ3n) is 4.14. The molecule has 0 fully saturated rings. The maximum Gasteiger partial charge on any atom is 0.196 e. The summed E-state index contributed by atoms with van der Waals surface area (Å²) >= 11 is 7.99. The van der Waals surface area contributed by atoms with Crippen molar-refractivity contribution in [2.75, 3.05) is 0 Å². The largest absolute Gasteiger partial charge is 0.270 e. The van der Waals surface area contributed by atoms with Gasteiger partial charge in [0.1, 0.15) is 0 Å². The predicted molar refractivity (Wildman–Crippen MR) is 108 cm³/mol. The second-order valence-corrected chi connectivity index (χ2v) is 7.26. The lowest BCUT2D eigenvalue weighted by atomic mass is 10.2. The van der Waals surface area contributed by atoms with Crippen LogP contribution in [0.3, 0.4) is 0 Å². The molecule has 0 saturated carbocycles. The third kappa shape index (κ3) is 3.72. The summed E-state index contributed by atoms with van der Waals surface area (Å²) in [7, 11) is 0. The third-order valence-corrected chi connectivity index (χ3v) is 5.55. The molecule has 0 amide bonds. The Morgan fingerprint density at radius 2 is 1.81 bits per heavy atom. The summed E-state index contributed by atoms with van der Waals surface area (Å²) in [5.41, 5.74) is 4.03. The van der Waals surface area contributed by atoms with E-state index in [0.29, 0.717) is 5.02 Å². The number of nitrogens with zero attached hydrogens (tertiary/aromatic N) is 5. The van der Waals surface area contributed by atoms with Gasteiger partial charge >= 0.3 is 0 Å². The predicted octanol–water partition coefficient (Wildman–Crippen LogP) is 4.98. The highest BCUT2D eigenvalue weighted by Crippen LogP contribution is 2.32. The summed E-state index contributed by atoms with van der Waals surface area (Å²) in [5, 5.41) is 10.4. The van der Waals surface area contributed by atoms with Gasteiger partial charge in [-0.1, -0.05) is 35.5 Å². The van der Waals surface area contributed by atoms with Crippen molar-refractivity contribution in [1.29, 1.82) is 0 Å². The van der Waals surface area contributed by atoms with Crippen LogP contribution in [0.5, 0.6) is 0 Å². The molecule has 0 N–H and O–H groups in total. The molecule has 0 saturated heterocycles. The number of hydrogen-bond acceptors (Lipinski definition) is 5. The quantitative estimate of drug-likeness (QED) is 0.447. The molecule has 7 heteroatoms. The Morgan fingerprint density at radius 1 is 0.963 bits per heavy atom. The van der Waals surface area contributed by atoms with E-state index in [9.17, 15) is 0 Å². The van der Waals surface area contributed by atoms with Crippen molar-refractivity contribution < 1.29 is 0 Å². The molecule has 0 atom stereocenters. The molecule has 0 radical (unpaired) electrons. The molecule has 0 spiro atoms. The van der Waals surface area contributed by atoms with Gasteiger partial charge in [-0.3, -0.25) is 14.5 Å². The molecule has 27 heavy (non-hydrogen) atoms. The summed E-state index contributed by atoms with van der Waals surface area (Å²) < 4.78 is 2.05. The molecule has 0 aliphatic carbocycles. The number of benzene rings is 1. The highest BCUT2D eigenvalue weighted by atomic mass is 35.5. The topological polar surface area (TPSA) is 56.5 Å². The van der Waals surface area contributed by atoms with E-state index in [4.69, 9.17) is 11.6 Å². The number of thioether (sulfide) groups is 1. The van der Waals surface area contributed by atoms with Gasteiger partial charge in [-0.25, -0.2) is 0 Å². The van der Waals surface area contributed by atoms with Crippen LogP contribution in [0, 0.1) is 6.92 Å². The van der Waals surface area contributed by atoms with Crippen molar-refractivity contribution in [2.24, 2.45) is 0 Å². The summed E-state index contributed by atoms with van der Waals surface area (Å²) in [6.07, 6.45) is 7.14. The molecule has 3 heterocycles. The molecule has 134 valence electrons. The molecule has 4 rings (SSSR count). The van der Waals surface area contributed by atoms with E-state index in [1.807, 2.05) is 49.5 Å². The monoisotopic (exact) mass is 393 g/mol. The molecular formula is C20H16ClN5S. The van der Waals surface area contributed by atoms with E-state index >= 15 is 0 Å². The second-order valence-electron chi connectivity index (χ2n) is 5.91. The van der Waals surface area contributed by atoms with Crippen molar-refractivity contribution >= 4 is 23.4 Å². The van der Waals surface area contributed by atoms with Crippen molar-refractivity contribution in [2.45, 2.75) is 17.8 Å². The molecule has 5 nitrogen and oxygen atoms in total. The summed E-state index contributed by atoms with van der Waals surface area (Å²) in [6.45, 7) is 2.00. The van der Waals surface area contributed by atoms with E-state index in [1.165, 1.54) is 0 Å². The molecule has 0 aliphatic heterocycles. The maximum absolute atomic E-state index is 6.38. The summed E-state index contributed by atoms with van der Waals surface area (Å²) in [5.74, 6) is 1.51. The fraction of sp³-hybridized carbons (Fsp3) is 0.100. The molecule has 3 aromatic heterocycles. The highest BCUT2D eigenvalue weighted by molar-refractivity contribution is 7.98. The van der Waals surface area contributed by atoms with Crippen LogP contribution >= 0.6 is 23.4 Å². The minimum Gasteiger partial charge on any atom is -0.270 e. The average molecular weight is 394 g/mol. The number of pyridine rings is 2. The lowest BCUT2D eigenvalue weighted by Gasteiger charge is -2.13. The van der Waals surface area contributed by atoms with E-state index < -0.39 is 0 Å². The maximum atomic E-state index is 6.38. The van der Waals surface area contributed by atoms with Crippen LogP contribution in [0.25, 0.3) is 17.1 Å². The van der Waals surface area contributed by atoms with E-state index in [-0.39, 0.29) is 0 Å². The minimum atomic E-state index is 0.713. The van der Waals surface area contributed by atoms with Gasteiger partial charge in [0, 0.05) is 41.1 Å². The van der Waals surface area contributed by atoms with Crippen molar-refractivity contribution in [3.63, 3.8) is 0 Å². The molecule has 4 aromatic rings. The number of halogens is 1. The fourth-order valence-corrected chi connectivity index (χ4v) is 3.79. The van der Waals surface area contributed by atoms with Crippen LogP contribution in [0.4, 0.5) is 0 Å². The smallest absolute Gasteiger partial charge is 0.196 e. The van der Waals surface area contributed by atoms with E-state index in [1.54, 1.807) is 30.4 Å². The standard InChI is InChI=1S/C20H16ClN5S/c1-14-17(21)5-2-6-18(14)26-19(16-7-10-22-11-8-16)24-25-20(26)27-13-15-4-3-9-23-12-15/h2-12H,13H2,1H3. The average Bonchev–Trinajstić information content (AvgIpc) is 3.14. The Kier molecular flexibility index (Phi) is 5.18. The van der Waals surface area contributed by atoms with E-state index in [2.05, 4.69) is 30.8 Å². The van der Waals surface area contributed by atoms with Crippen LogP contribution in [0.2, 0.25) is 5.02 Å². The van der Waals surface area contributed by atoms with Crippen LogP contribution in [-0.2, 0) is 5.75 Å². The van der Waals surface area contributed by atoms with Crippen molar-refractivity contribution in [3.05, 3.63) is 83.4 Å².